The molecule has 96 valence electrons. The van der Waals surface area contributed by atoms with Crippen molar-refractivity contribution in [1.82, 2.24) is 9.80 Å². The second-order valence-electron chi connectivity index (χ2n) is 5.27. The van der Waals surface area contributed by atoms with Crippen molar-refractivity contribution >= 4 is 5.91 Å². The minimum absolute atomic E-state index is 0.154. The number of hydrogen-bond donors (Lipinski definition) is 0. The number of hydrogen-bond acceptors (Lipinski definition) is 3. The molecule has 17 heavy (non-hydrogen) atoms. The summed E-state index contributed by atoms with van der Waals surface area (Å²) in [5.74, 6) is 0.154. The molecule has 0 aliphatic carbocycles. The lowest BCUT2D eigenvalue weighted by Crippen LogP contribution is -2.66. The zero-order valence-electron chi connectivity index (χ0n) is 11.0. The Labute approximate surface area is 103 Å². The third kappa shape index (κ3) is 2.38. The molecule has 2 aliphatic heterocycles. The summed E-state index contributed by atoms with van der Waals surface area (Å²) in [6.45, 7) is 9.43. The van der Waals surface area contributed by atoms with Crippen LogP contribution in [0.15, 0.2) is 11.6 Å². The van der Waals surface area contributed by atoms with E-state index in [1.165, 1.54) is 0 Å². The summed E-state index contributed by atoms with van der Waals surface area (Å²) in [5, 5.41) is 0. The molecule has 0 atom stereocenters. The number of ether oxygens (including phenoxy) is 1. The van der Waals surface area contributed by atoms with Crippen molar-refractivity contribution in [2.75, 3.05) is 46.4 Å². The van der Waals surface area contributed by atoms with Gasteiger partial charge in [0.2, 0.25) is 5.91 Å². The highest BCUT2D eigenvalue weighted by molar-refractivity contribution is 5.93. The molecule has 1 spiro atoms. The van der Waals surface area contributed by atoms with Crippen LogP contribution in [0.4, 0.5) is 0 Å². The number of amides is 1. The summed E-state index contributed by atoms with van der Waals surface area (Å²) in [6, 6.07) is 0. The van der Waals surface area contributed by atoms with E-state index >= 15 is 0 Å². The average Bonchev–Trinajstić information content (AvgIpc) is 2.23. The number of likely N-dealkylation sites (N-methyl/N-ethyl adjacent to an activating group) is 1. The first-order valence-corrected chi connectivity index (χ1v) is 6.31. The number of rotatable bonds is 4. The van der Waals surface area contributed by atoms with E-state index in [0.29, 0.717) is 5.41 Å². The molecule has 0 saturated carbocycles. The molecule has 4 nitrogen and oxygen atoms in total. The topological polar surface area (TPSA) is 32.8 Å². The molecule has 1 amide bonds. The monoisotopic (exact) mass is 238 g/mol. The second kappa shape index (κ2) is 4.78. The molecule has 0 N–H and O–H groups in total. The maximum Gasteiger partial charge on any atom is 0.250 e. The lowest BCUT2D eigenvalue weighted by Gasteiger charge is -2.55. The second-order valence-corrected chi connectivity index (χ2v) is 5.27. The number of carbonyl (C=O) groups is 1. The van der Waals surface area contributed by atoms with E-state index in [1.807, 2.05) is 27.0 Å². The largest absolute Gasteiger partial charge is 0.380 e. The minimum atomic E-state index is 0.154. The van der Waals surface area contributed by atoms with E-state index in [9.17, 15) is 4.79 Å². The molecule has 0 bridgehead atoms. The Morgan fingerprint density at radius 1 is 1.47 bits per heavy atom. The van der Waals surface area contributed by atoms with Crippen LogP contribution in [0.5, 0.6) is 0 Å². The van der Waals surface area contributed by atoms with Gasteiger partial charge in [0.1, 0.15) is 0 Å². The summed E-state index contributed by atoms with van der Waals surface area (Å²) in [5.41, 5.74) is 1.34. The molecule has 0 radical (unpaired) electrons. The number of likely N-dealkylation sites (tertiary alicyclic amines) is 1. The van der Waals surface area contributed by atoms with E-state index in [4.69, 9.17) is 4.74 Å². The highest BCUT2D eigenvalue weighted by atomic mass is 16.5. The summed E-state index contributed by atoms with van der Waals surface area (Å²) >= 11 is 0. The smallest absolute Gasteiger partial charge is 0.250 e. The van der Waals surface area contributed by atoms with Gasteiger partial charge >= 0.3 is 0 Å². The highest BCUT2D eigenvalue weighted by Gasteiger charge is 2.48. The van der Waals surface area contributed by atoms with Gasteiger partial charge in [0, 0.05) is 44.2 Å². The van der Waals surface area contributed by atoms with Gasteiger partial charge in [-0.3, -0.25) is 9.69 Å². The Bertz CT molecular complexity index is 326. The molecule has 2 heterocycles. The summed E-state index contributed by atoms with van der Waals surface area (Å²) in [7, 11) is 1.85. The third-order valence-electron chi connectivity index (χ3n) is 3.77. The predicted octanol–water partition coefficient (Wildman–Crippen LogP) is 0.743. The zero-order chi connectivity index (χ0) is 12.5. The van der Waals surface area contributed by atoms with Gasteiger partial charge in [-0.2, -0.15) is 0 Å². The Kier molecular flexibility index (Phi) is 3.54. The van der Waals surface area contributed by atoms with Crippen molar-refractivity contribution in [3.05, 3.63) is 11.6 Å². The number of nitrogens with zero attached hydrogens (tertiary/aromatic N) is 2. The third-order valence-corrected chi connectivity index (χ3v) is 3.77. The molecule has 2 saturated heterocycles. The van der Waals surface area contributed by atoms with Gasteiger partial charge in [-0.1, -0.05) is 6.08 Å². The van der Waals surface area contributed by atoms with Crippen LogP contribution in [0.3, 0.4) is 0 Å². The van der Waals surface area contributed by atoms with E-state index < -0.39 is 0 Å². The van der Waals surface area contributed by atoms with Crippen LogP contribution in [0.25, 0.3) is 0 Å². The van der Waals surface area contributed by atoms with Crippen molar-refractivity contribution in [2.45, 2.75) is 13.8 Å². The van der Waals surface area contributed by atoms with E-state index in [0.717, 1.165) is 45.0 Å². The molecule has 0 unspecified atom stereocenters. The van der Waals surface area contributed by atoms with E-state index in [-0.39, 0.29) is 5.91 Å². The van der Waals surface area contributed by atoms with Crippen LogP contribution in [0.1, 0.15) is 13.8 Å². The van der Waals surface area contributed by atoms with Gasteiger partial charge in [-0.05, 0) is 13.8 Å². The van der Waals surface area contributed by atoms with Crippen LogP contribution in [-0.2, 0) is 9.53 Å². The fraction of sp³-hybridized carbons (Fsp3) is 0.769. The van der Waals surface area contributed by atoms with Crippen molar-refractivity contribution in [3.63, 3.8) is 0 Å². The van der Waals surface area contributed by atoms with Gasteiger partial charge in [0.25, 0.3) is 0 Å². The normalized spacial score (nSPS) is 23.1. The van der Waals surface area contributed by atoms with Gasteiger partial charge in [0.15, 0.2) is 0 Å². The molecule has 0 aromatic carbocycles. The molecular formula is C13H22N2O2. The first-order valence-electron chi connectivity index (χ1n) is 6.31. The van der Waals surface area contributed by atoms with Crippen LogP contribution in [0.2, 0.25) is 0 Å². The first-order chi connectivity index (χ1) is 8.10. The van der Waals surface area contributed by atoms with Crippen molar-refractivity contribution < 1.29 is 9.53 Å². The van der Waals surface area contributed by atoms with Crippen molar-refractivity contribution in [2.24, 2.45) is 5.41 Å². The number of carbonyl (C=O) groups excluding carboxylic acids is 1. The van der Waals surface area contributed by atoms with Gasteiger partial charge < -0.3 is 9.64 Å². The van der Waals surface area contributed by atoms with Crippen LogP contribution in [0, 0.1) is 5.41 Å². The summed E-state index contributed by atoms with van der Waals surface area (Å²) in [4.78, 5) is 16.1. The molecule has 2 rings (SSSR count). The van der Waals surface area contributed by atoms with Crippen LogP contribution < -0.4 is 0 Å². The fourth-order valence-electron chi connectivity index (χ4n) is 2.50. The Morgan fingerprint density at radius 2 is 2.12 bits per heavy atom. The fourth-order valence-corrected chi connectivity index (χ4v) is 2.50. The molecule has 2 aliphatic rings. The molecule has 4 heteroatoms. The van der Waals surface area contributed by atoms with Gasteiger partial charge in [-0.15, -0.1) is 0 Å². The van der Waals surface area contributed by atoms with Crippen LogP contribution >= 0.6 is 0 Å². The summed E-state index contributed by atoms with van der Waals surface area (Å²) < 4.78 is 5.25. The molecule has 0 aromatic rings. The first kappa shape index (κ1) is 12.6. The predicted molar refractivity (Wildman–Crippen MR) is 66.8 cm³/mol. The lowest BCUT2D eigenvalue weighted by molar-refractivity contribution is -0.187. The maximum absolute atomic E-state index is 12.0. The van der Waals surface area contributed by atoms with Gasteiger partial charge in [-0.25, -0.2) is 0 Å². The number of allylic oxidation sites excluding steroid dienone is 1. The Morgan fingerprint density at radius 3 is 2.53 bits per heavy atom. The van der Waals surface area contributed by atoms with E-state index in [2.05, 4.69) is 4.90 Å². The van der Waals surface area contributed by atoms with Crippen molar-refractivity contribution in [3.8, 4) is 0 Å². The average molecular weight is 238 g/mol. The minimum Gasteiger partial charge on any atom is -0.380 e. The molecule has 2 fully saturated rings. The lowest BCUT2D eigenvalue weighted by atomic mass is 9.78. The van der Waals surface area contributed by atoms with Gasteiger partial charge in [0.05, 0.1) is 13.2 Å². The highest BCUT2D eigenvalue weighted by Crippen LogP contribution is 2.37. The zero-order valence-corrected chi connectivity index (χ0v) is 11.0. The summed E-state index contributed by atoms with van der Waals surface area (Å²) in [6.07, 6.45) is 1.94. The standard InChI is InChI=1S/C13H22N2O2/c1-4-11(12(16)14(3)5-2)6-15-7-13(8-15)9-17-10-13/h4H,5-10H2,1-3H3/b11-4+. The van der Waals surface area contributed by atoms with E-state index in [1.54, 1.807) is 4.90 Å². The SMILES string of the molecule is C/C=C(\CN1CC2(COC2)C1)C(=O)N(C)CC. The molecular weight excluding hydrogens is 216 g/mol. The Hall–Kier alpha value is -0.870. The van der Waals surface area contributed by atoms with Crippen molar-refractivity contribution in [1.29, 1.82) is 0 Å². The maximum atomic E-state index is 12.0. The Balaban J connectivity index is 1.83. The van der Waals surface area contributed by atoms with Crippen LogP contribution in [-0.4, -0.2) is 62.1 Å². The quantitative estimate of drug-likeness (QED) is 0.677. The molecule has 0 aromatic heterocycles.